The number of fused-ring (bicyclic) bond motifs is 1. The fourth-order valence-electron chi connectivity index (χ4n) is 4.59. The highest BCUT2D eigenvalue weighted by molar-refractivity contribution is 5.75. The van der Waals surface area contributed by atoms with Crippen LogP contribution in [-0.2, 0) is 17.8 Å². The van der Waals surface area contributed by atoms with Gasteiger partial charge in [-0.25, -0.2) is 4.39 Å². The average Bonchev–Trinajstić information content (AvgIpc) is 2.97. The van der Waals surface area contributed by atoms with Crippen LogP contribution in [0, 0.1) is 5.82 Å². The lowest BCUT2D eigenvalue weighted by atomic mass is 9.93. The van der Waals surface area contributed by atoms with Crippen LogP contribution in [0.15, 0.2) is 18.2 Å². The van der Waals surface area contributed by atoms with Crippen LogP contribution in [0.25, 0.3) is 0 Å². The lowest BCUT2D eigenvalue weighted by molar-refractivity contribution is -0.144. The van der Waals surface area contributed by atoms with Crippen molar-refractivity contribution >= 4 is 5.97 Å². The van der Waals surface area contributed by atoms with E-state index in [0.717, 1.165) is 50.3 Å². The number of halogens is 1. The van der Waals surface area contributed by atoms with Gasteiger partial charge in [0.15, 0.2) is 11.6 Å². The maximum Gasteiger partial charge on any atom is 0.325 e. The Balaban J connectivity index is 1.48. The molecule has 8 heteroatoms. The third kappa shape index (κ3) is 3.99. The smallest absolute Gasteiger partial charge is 0.325 e. The highest BCUT2D eigenvalue weighted by Crippen LogP contribution is 2.34. The molecule has 1 saturated heterocycles. The van der Waals surface area contributed by atoms with Crippen molar-refractivity contribution in [3.05, 3.63) is 41.2 Å². The monoisotopic (exact) mass is 402 g/mol. The summed E-state index contributed by atoms with van der Waals surface area (Å²) >= 11 is 0. The van der Waals surface area contributed by atoms with Crippen molar-refractivity contribution in [2.24, 2.45) is 0 Å². The number of methoxy groups -OCH3 is 1. The number of carboxylic acids is 1. The topological polar surface area (TPSA) is 80.5 Å². The molecule has 2 aliphatic heterocycles. The number of benzene rings is 1. The molecular weight excluding hydrogens is 375 g/mol. The van der Waals surface area contributed by atoms with E-state index in [9.17, 15) is 14.3 Å². The highest BCUT2D eigenvalue weighted by Gasteiger charge is 2.33. The van der Waals surface area contributed by atoms with E-state index in [0.29, 0.717) is 18.7 Å². The largest absolute Gasteiger partial charge is 0.494 e. The normalized spacial score (nSPS) is 19.4. The Bertz CT molecular complexity index is 877. The molecule has 29 heavy (non-hydrogen) atoms. The molecule has 0 spiro atoms. The second kappa shape index (κ2) is 8.49. The molecule has 0 amide bonds. The van der Waals surface area contributed by atoms with Gasteiger partial charge < -0.3 is 14.4 Å². The number of hydrogen-bond donors (Lipinski definition) is 1. The molecule has 4 rings (SSSR count). The molecule has 7 nitrogen and oxygen atoms in total. The zero-order valence-electron chi connectivity index (χ0n) is 16.7. The minimum absolute atomic E-state index is 0.115. The predicted molar refractivity (Wildman–Crippen MR) is 104 cm³/mol. The van der Waals surface area contributed by atoms with E-state index >= 15 is 0 Å². The summed E-state index contributed by atoms with van der Waals surface area (Å²) in [6.45, 7) is 2.22. The Labute approximate surface area is 169 Å². The van der Waals surface area contributed by atoms with E-state index in [1.54, 1.807) is 6.07 Å². The number of aromatic nitrogens is 3. The van der Waals surface area contributed by atoms with Gasteiger partial charge in [-0.2, -0.15) is 0 Å². The summed E-state index contributed by atoms with van der Waals surface area (Å²) in [5.74, 6) is 1.01. The zero-order chi connectivity index (χ0) is 20.4. The average molecular weight is 402 g/mol. The van der Waals surface area contributed by atoms with Gasteiger partial charge in [-0.15, -0.1) is 10.2 Å². The molecule has 2 aliphatic rings. The summed E-state index contributed by atoms with van der Waals surface area (Å²) in [6.07, 6.45) is 6.16. The first-order valence-corrected chi connectivity index (χ1v) is 10.3. The van der Waals surface area contributed by atoms with Gasteiger partial charge in [0.25, 0.3) is 0 Å². The van der Waals surface area contributed by atoms with E-state index < -0.39 is 17.8 Å². The van der Waals surface area contributed by atoms with Crippen LogP contribution in [0.3, 0.4) is 0 Å². The molecule has 1 N–H and O–H groups in total. The number of hydrogen-bond acceptors (Lipinski definition) is 5. The molecule has 0 aliphatic carbocycles. The quantitative estimate of drug-likeness (QED) is 0.828. The Kier molecular flexibility index (Phi) is 5.80. The van der Waals surface area contributed by atoms with Crippen LogP contribution in [-0.4, -0.2) is 50.9 Å². The number of aryl methyl sites for hydroxylation is 1. The summed E-state index contributed by atoms with van der Waals surface area (Å²) < 4.78 is 21.4. The highest BCUT2D eigenvalue weighted by atomic mass is 19.1. The van der Waals surface area contributed by atoms with Gasteiger partial charge in [-0.1, -0.05) is 12.5 Å². The van der Waals surface area contributed by atoms with Gasteiger partial charge in [-0.05, 0) is 56.5 Å². The molecule has 1 atom stereocenters. The number of nitrogens with zero attached hydrogens (tertiary/aromatic N) is 4. The minimum atomic E-state index is -0.968. The van der Waals surface area contributed by atoms with Gasteiger partial charge in [0.05, 0.1) is 7.11 Å². The first-order valence-electron chi connectivity index (χ1n) is 10.3. The minimum Gasteiger partial charge on any atom is -0.494 e. The maximum absolute atomic E-state index is 14.1. The first-order chi connectivity index (χ1) is 14.1. The third-order valence-electron chi connectivity index (χ3n) is 6.12. The zero-order valence-corrected chi connectivity index (χ0v) is 16.7. The lowest BCUT2D eigenvalue weighted by Crippen LogP contribution is -2.40. The Morgan fingerprint density at radius 3 is 2.69 bits per heavy atom. The molecule has 2 aromatic rings. The number of ether oxygens (including phenoxy) is 1. The fourth-order valence-corrected chi connectivity index (χ4v) is 4.59. The number of carbonyl (C=O) groups is 1. The Morgan fingerprint density at radius 1 is 1.21 bits per heavy atom. The molecule has 0 bridgehead atoms. The number of rotatable bonds is 5. The molecule has 156 valence electrons. The van der Waals surface area contributed by atoms with Gasteiger partial charge >= 0.3 is 5.97 Å². The Hall–Kier alpha value is -2.48. The standard InChI is InChI=1S/C21H27FN4O3/c1-29-17-7-6-15(13-16(17)22)19(21(27)28)25-11-8-14(9-12-25)20-24-23-18-5-3-2-4-10-26(18)20/h6-7,13-14,19H,2-5,8-12H2,1H3,(H,27,28). The SMILES string of the molecule is COc1ccc(C(C(=O)O)N2CCC(c3nnc4n3CCCCC4)CC2)cc1F. The third-order valence-corrected chi connectivity index (χ3v) is 6.12. The first kappa shape index (κ1) is 19.8. The van der Waals surface area contributed by atoms with Gasteiger partial charge in [0, 0.05) is 18.9 Å². The molecule has 1 aromatic carbocycles. The summed E-state index contributed by atoms with van der Waals surface area (Å²) in [6, 6.07) is 3.51. The molecular formula is C21H27FN4O3. The number of aliphatic carboxylic acids is 1. The van der Waals surface area contributed by atoms with Gasteiger partial charge in [0.2, 0.25) is 0 Å². The van der Waals surface area contributed by atoms with Crippen molar-refractivity contribution in [3.63, 3.8) is 0 Å². The lowest BCUT2D eigenvalue weighted by Gasteiger charge is -2.35. The van der Waals surface area contributed by atoms with Crippen LogP contribution in [0.1, 0.15) is 61.3 Å². The van der Waals surface area contributed by atoms with Crippen LogP contribution in [0.5, 0.6) is 5.75 Å². The maximum atomic E-state index is 14.1. The molecule has 1 aromatic heterocycles. The van der Waals surface area contributed by atoms with Crippen molar-refractivity contribution in [2.45, 2.75) is 57.0 Å². The fraction of sp³-hybridized carbons (Fsp3) is 0.571. The number of likely N-dealkylation sites (tertiary alicyclic amines) is 1. The molecule has 0 radical (unpaired) electrons. The predicted octanol–water partition coefficient (Wildman–Crippen LogP) is 3.16. The Morgan fingerprint density at radius 2 is 2.00 bits per heavy atom. The summed E-state index contributed by atoms with van der Waals surface area (Å²) in [5, 5.41) is 18.7. The number of carboxylic acid groups (broad SMARTS) is 1. The van der Waals surface area contributed by atoms with Crippen LogP contribution < -0.4 is 4.74 Å². The van der Waals surface area contributed by atoms with Crippen molar-refractivity contribution in [3.8, 4) is 5.75 Å². The van der Waals surface area contributed by atoms with Crippen molar-refractivity contribution in [1.29, 1.82) is 0 Å². The summed E-state index contributed by atoms with van der Waals surface area (Å²) in [5.41, 5.74) is 0.436. The van der Waals surface area contributed by atoms with E-state index in [4.69, 9.17) is 4.74 Å². The second-order valence-corrected chi connectivity index (χ2v) is 7.88. The molecule has 1 unspecified atom stereocenters. The van der Waals surface area contributed by atoms with Crippen molar-refractivity contribution < 1.29 is 19.0 Å². The van der Waals surface area contributed by atoms with Crippen LogP contribution >= 0.6 is 0 Å². The van der Waals surface area contributed by atoms with Crippen molar-refractivity contribution in [2.75, 3.05) is 20.2 Å². The van der Waals surface area contributed by atoms with Gasteiger partial charge in [-0.3, -0.25) is 9.69 Å². The summed E-state index contributed by atoms with van der Waals surface area (Å²) in [4.78, 5) is 13.9. The molecule has 1 fully saturated rings. The van der Waals surface area contributed by atoms with Crippen molar-refractivity contribution in [1.82, 2.24) is 19.7 Å². The molecule has 3 heterocycles. The van der Waals surface area contributed by atoms with Gasteiger partial charge in [0.1, 0.15) is 17.7 Å². The van der Waals surface area contributed by atoms with E-state index in [2.05, 4.69) is 14.8 Å². The van der Waals surface area contributed by atoms with Crippen LogP contribution in [0.2, 0.25) is 0 Å². The number of piperidine rings is 1. The van der Waals surface area contributed by atoms with E-state index in [-0.39, 0.29) is 11.7 Å². The van der Waals surface area contributed by atoms with E-state index in [1.807, 2.05) is 4.90 Å². The molecule has 0 saturated carbocycles. The van der Waals surface area contributed by atoms with E-state index in [1.165, 1.54) is 25.7 Å². The van der Waals surface area contributed by atoms with Crippen LogP contribution in [0.4, 0.5) is 4.39 Å². The summed E-state index contributed by atoms with van der Waals surface area (Å²) in [7, 11) is 1.39. The second-order valence-electron chi connectivity index (χ2n) is 7.88.